The topological polar surface area (TPSA) is 132 Å². The average Bonchev–Trinajstić information content (AvgIpc) is 3.21. The van der Waals surface area contributed by atoms with Gasteiger partial charge in [0, 0.05) is 7.05 Å². The quantitative estimate of drug-likeness (QED) is 0.720. The van der Waals surface area contributed by atoms with Crippen molar-refractivity contribution in [3.63, 3.8) is 0 Å². The van der Waals surface area contributed by atoms with E-state index >= 15 is 0 Å². The van der Waals surface area contributed by atoms with Crippen LogP contribution in [0.3, 0.4) is 0 Å². The monoisotopic (exact) mass is 379 g/mol. The molecule has 148 valence electrons. The zero-order chi connectivity index (χ0) is 20.4. The Morgan fingerprint density at radius 2 is 2.04 bits per heavy atom. The van der Waals surface area contributed by atoms with Crippen LogP contribution in [-0.2, 0) is 19.1 Å². The van der Waals surface area contributed by atoms with Crippen molar-refractivity contribution >= 4 is 23.5 Å². The smallest absolute Gasteiger partial charge is 0.255 e. The maximum Gasteiger partial charge on any atom is 0.255 e. The highest BCUT2D eigenvalue weighted by molar-refractivity contribution is 6.00. The van der Waals surface area contributed by atoms with Gasteiger partial charge in [-0.3, -0.25) is 19.2 Å². The summed E-state index contributed by atoms with van der Waals surface area (Å²) < 4.78 is 10.0. The molecule has 9 heteroatoms. The molecule has 3 amide bonds. The van der Waals surface area contributed by atoms with Gasteiger partial charge in [0.15, 0.2) is 11.9 Å². The molecular weight excluding hydrogens is 354 g/mol. The van der Waals surface area contributed by atoms with Crippen molar-refractivity contribution in [2.75, 3.05) is 13.7 Å². The van der Waals surface area contributed by atoms with Crippen LogP contribution in [0.25, 0.3) is 0 Å². The third kappa shape index (κ3) is 4.94. The van der Waals surface area contributed by atoms with Gasteiger partial charge in [0.1, 0.15) is 25.0 Å². The van der Waals surface area contributed by atoms with Crippen molar-refractivity contribution in [3.05, 3.63) is 24.2 Å². The van der Waals surface area contributed by atoms with Crippen LogP contribution in [0, 0.1) is 5.41 Å². The molecule has 9 nitrogen and oxygen atoms in total. The first kappa shape index (κ1) is 20.6. The van der Waals surface area contributed by atoms with Gasteiger partial charge in [0.05, 0.1) is 11.8 Å². The molecule has 1 saturated heterocycles. The Hall–Kier alpha value is -2.68. The number of nitrogens with one attached hydrogen (secondary N) is 1. The number of hydrogen-bond donors (Lipinski definition) is 2. The number of ether oxygens (including phenoxy) is 1. The highest BCUT2D eigenvalue weighted by Crippen LogP contribution is 2.24. The third-order valence-electron chi connectivity index (χ3n) is 4.27. The molecule has 2 rings (SSSR count). The summed E-state index contributed by atoms with van der Waals surface area (Å²) in [5, 5.41) is 2.68. The van der Waals surface area contributed by atoms with E-state index in [4.69, 9.17) is 14.9 Å². The van der Waals surface area contributed by atoms with Crippen LogP contribution in [0.15, 0.2) is 23.0 Å². The fourth-order valence-corrected chi connectivity index (χ4v) is 3.00. The summed E-state index contributed by atoms with van der Waals surface area (Å²) >= 11 is 0. The minimum absolute atomic E-state index is 0.277. The van der Waals surface area contributed by atoms with Crippen molar-refractivity contribution in [2.24, 2.45) is 11.1 Å². The lowest BCUT2D eigenvalue weighted by atomic mass is 9.87. The van der Waals surface area contributed by atoms with Gasteiger partial charge in [0.2, 0.25) is 11.8 Å². The summed E-state index contributed by atoms with van der Waals surface area (Å²) in [6.07, 6.45) is 1.75. The van der Waals surface area contributed by atoms with E-state index in [0.29, 0.717) is 6.42 Å². The lowest BCUT2D eigenvalue weighted by Crippen LogP contribution is -2.56. The number of Topliss-reactive ketones (excluding diaryl/α,β-unsaturated/α-hetero) is 1. The average molecular weight is 379 g/mol. The Balaban J connectivity index is 2.22. The fourth-order valence-electron chi connectivity index (χ4n) is 3.00. The van der Waals surface area contributed by atoms with Gasteiger partial charge in [-0.15, -0.1) is 0 Å². The Kier molecular flexibility index (Phi) is 6.04. The van der Waals surface area contributed by atoms with E-state index in [1.165, 1.54) is 25.6 Å². The van der Waals surface area contributed by atoms with E-state index in [9.17, 15) is 19.2 Å². The van der Waals surface area contributed by atoms with Gasteiger partial charge in [-0.05, 0) is 17.9 Å². The first-order chi connectivity index (χ1) is 12.5. The van der Waals surface area contributed by atoms with E-state index in [0.717, 1.165) is 4.90 Å². The predicted octanol–water partition coefficient (Wildman–Crippen LogP) is 0.0944. The minimum atomic E-state index is -1.20. The summed E-state index contributed by atoms with van der Waals surface area (Å²) in [5.74, 6) is -2.21. The number of amides is 3. The second kappa shape index (κ2) is 7.91. The second-order valence-electron chi connectivity index (χ2n) is 7.80. The molecule has 1 aliphatic heterocycles. The number of primary amides is 1. The van der Waals surface area contributed by atoms with Crippen molar-refractivity contribution in [1.29, 1.82) is 0 Å². The second-order valence-corrected chi connectivity index (χ2v) is 7.80. The molecule has 3 N–H and O–H groups in total. The van der Waals surface area contributed by atoms with Crippen LogP contribution < -0.4 is 11.1 Å². The molecule has 0 spiro atoms. The molecule has 2 unspecified atom stereocenters. The Morgan fingerprint density at radius 3 is 2.56 bits per heavy atom. The van der Waals surface area contributed by atoms with E-state index in [2.05, 4.69) is 5.32 Å². The molecule has 0 aliphatic carbocycles. The number of nitrogens with two attached hydrogens (primary N) is 1. The molecule has 27 heavy (non-hydrogen) atoms. The van der Waals surface area contributed by atoms with Gasteiger partial charge in [-0.25, -0.2) is 0 Å². The van der Waals surface area contributed by atoms with E-state index in [1.54, 1.807) is 0 Å². The van der Waals surface area contributed by atoms with Crippen LogP contribution in [0.4, 0.5) is 0 Å². The highest BCUT2D eigenvalue weighted by atomic mass is 16.5. The zero-order valence-electron chi connectivity index (χ0n) is 15.9. The van der Waals surface area contributed by atoms with Gasteiger partial charge in [0.25, 0.3) is 5.91 Å². The first-order valence-corrected chi connectivity index (χ1v) is 8.54. The summed E-state index contributed by atoms with van der Waals surface area (Å²) in [4.78, 5) is 50.2. The predicted molar refractivity (Wildman–Crippen MR) is 94.5 cm³/mol. The normalized spacial score (nSPS) is 21.0. The molecule has 1 aliphatic rings. The Labute approximate surface area is 157 Å². The van der Waals surface area contributed by atoms with Crippen molar-refractivity contribution in [3.8, 4) is 0 Å². The highest BCUT2D eigenvalue weighted by Gasteiger charge is 2.45. The van der Waals surface area contributed by atoms with Crippen molar-refractivity contribution < 1.29 is 28.3 Å². The van der Waals surface area contributed by atoms with Gasteiger partial charge < -0.3 is 25.1 Å². The number of likely N-dealkylation sites (N-methyl/N-ethyl adjacent to an activating group) is 1. The van der Waals surface area contributed by atoms with E-state index in [1.807, 2.05) is 20.8 Å². The number of rotatable bonds is 6. The zero-order valence-corrected chi connectivity index (χ0v) is 15.9. The van der Waals surface area contributed by atoms with Crippen molar-refractivity contribution in [2.45, 2.75) is 45.4 Å². The maximum atomic E-state index is 13.1. The Morgan fingerprint density at radius 1 is 1.37 bits per heavy atom. The van der Waals surface area contributed by atoms with Gasteiger partial charge in [-0.2, -0.15) is 0 Å². The number of carbonyl (C=O) groups excluding carboxylic acids is 4. The molecule has 1 fully saturated rings. The number of carbonyl (C=O) groups is 4. The molecule has 0 radical (unpaired) electrons. The fraction of sp³-hybridized carbons (Fsp3) is 0.556. The van der Waals surface area contributed by atoms with E-state index in [-0.39, 0.29) is 17.6 Å². The van der Waals surface area contributed by atoms with Gasteiger partial charge in [-0.1, -0.05) is 20.8 Å². The molecule has 1 aromatic heterocycles. The van der Waals surface area contributed by atoms with Crippen molar-refractivity contribution in [1.82, 2.24) is 10.2 Å². The number of nitrogens with zero attached hydrogens (tertiary/aromatic N) is 1. The van der Waals surface area contributed by atoms with E-state index < -0.39 is 41.7 Å². The van der Waals surface area contributed by atoms with Crippen LogP contribution >= 0.6 is 0 Å². The molecule has 3 atom stereocenters. The summed E-state index contributed by atoms with van der Waals surface area (Å²) in [5.41, 5.74) is 5.27. The summed E-state index contributed by atoms with van der Waals surface area (Å²) in [6.45, 7) is 5.48. The lowest BCUT2D eigenvalue weighted by Gasteiger charge is -2.32. The lowest BCUT2D eigenvalue weighted by molar-refractivity contribution is -0.141. The maximum absolute atomic E-state index is 13.1. The number of hydrogen-bond acceptors (Lipinski definition) is 6. The van der Waals surface area contributed by atoms with Gasteiger partial charge >= 0.3 is 0 Å². The number of furan rings is 1. The summed E-state index contributed by atoms with van der Waals surface area (Å²) in [6, 6.07) is -0.530. The number of ketones is 1. The standard InChI is InChI=1S/C18H25N3O6/c1-18(2,3)7-11(20-16(24)10-5-6-26-8-10)17(25)21(4)13-12(22)9-27-14(13)15(19)23/h5-6,8,11,13-14H,7,9H2,1-4H3,(H2,19,23)(H,20,24)/t11-,13?,14?/m0/s1. The molecule has 1 aromatic rings. The SMILES string of the molecule is CN(C(=O)[C@H](CC(C)(C)C)NC(=O)c1ccoc1)C1C(=O)COC1C(N)=O. The van der Waals surface area contributed by atoms with Crippen LogP contribution in [0.1, 0.15) is 37.6 Å². The van der Waals surface area contributed by atoms with Crippen LogP contribution in [0.5, 0.6) is 0 Å². The molecule has 2 heterocycles. The molecule has 0 aromatic carbocycles. The molecule has 0 saturated carbocycles. The van der Waals surface area contributed by atoms with Crippen LogP contribution in [-0.4, -0.2) is 60.2 Å². The largest absolute Gasteiger partial charge is 0.472 e. The first-order valence-electron chi connectivity index (χ1n) is 8.54. The molecular formula is C18H25N3O6. The van der Waals surface area contributed by atoms with Crippen LogP contribution in [0.2, 0.25) is 0 Å². The summed E-state index contributed by atoms with van der Waals surface area (Å²) in [7, 11) is 1.40. The molecule has 0 bridgehead atoms. The third-order valence-corrected chi connectivity index (χ3v) is 4.27. The minimum Gasteiger partial charge on any atom is -0.472 e. The Bertz CT molecular complexity index is 722.